The van der Waals surface area contributed by atoms with Crippen LogP contribution in [-0.2, 0) is 17.1 Å². The molecule has 0 aromatic rings. The summed E-state index contributed by atoms with van der Waals surface area (Å²) < 4.78 is 0. The fourth-order valence-electron chi connectivity index (χ4n) is 0. The van der Waals surface area contributed by atoms with Crippen molar-refractivity contribution in [2.24, 2.45) is 0 Å². The van der Waals surface area contributed by atoms with Crippen LogP contribution in [0, 0.1) is 41.7 Å². The summed E-state index contributed by atoms with van der Waals surface area (Å²) in [6.07, 6.45) is 0. The molecule has 1 radical (unpaired) electrons. The Labute approximate surface area is 120 Å². The third-order valence-corrected chi connectivity index (χ3v) is 0. The molecular formula is H6AlCeCuLiMg. The first-order chi connectivity index (χ1) is 0. The van der Waals surface area contributed by atoms with Crippen LogP contribution in [0.1, 0.15) is 4.28 Å². The van der Waals surface area contributed by atoms with Crippen LogP contribution < -0.4 is 18.9 Å². The Kier molecular flexibility index (Phi) is 186. The van der Waals surface area contributed by atoms with E-state index in [1.165, 1.54) is 0 Å². The first kappa shape index (κ1) is 37.1. The van der Waals surface area contributed by atoms with Crippen molar-refractivity contribution in [1.82, 2.24) is 0 Å². The van der Waals surface area contributed by atoms with E-state index in [1.54, 1.807) is 0 Å². The van der Waals surface area contributed by atoms with Crippen LogP contribution in [0.15, 0.2) is 0 Å². The van der Waals surface area contributed by atoms with Crippen molar-refractivity contribution in [2.75, 3.05) is 0 Å². The zero-order chi connectivity index (χ0) is 0. The van der Waals surface area contributed by atoms with Gasteiger partial charge in [0, 0.05) is 58.8 Å². The molecule has 0 N–H and O–H groups in total. The van der Waals surface area contributed by atoms with Crippen LogP contribution in [0.3, 0.4) is 0 Å². The van der Waals surface area contributed by atoms with E-state index in [0.29, 0.717) is 0 Å². The van der Waals surface area contributed by atoms with Crippen LogP contribution in [0.4, 0.5) is 0 Å². The minimum Gasteiger partial charge on any atom is -1.00 e. The third kappa shape index (κ3) is 18.2. The molecule has 0 aliphatic rings. The maximum absolute atomic E-state index is 0. The largest absolute Gasteiger partial charge is 2.00 e. The maximum atomic E-state index is 0. The van der Waals surface area contributed by atoms with E-state index >= 15 is 0 Å². The second-order valence-electron chi connectivity index (χ2n) is 0. The Balaban J connectivity index is 0. The molecule has 27 valence electrons. The van der Waals surface area contributed by atoms with Gasteiger partial charge in [-0.25, -0.2) is 0 Å². The van der Waals surface area contributed by atoms with Gasteiger partial charge >= 0.3 is 41.9 Å². The molecule has 0 saturated heterocycles. The van der Waals surface area contributed by atoms with Crippen molar-refractivity contribution < 1.29 is 82.0 Å². The Morgan fingerprint density at radius 2 is 1.20 bits per heavy atom. The van der Waals surface area contributed by atoms with Gasteiger partial charge in [0.15, 0.2) is 17.4 Å². The summed E-state index contributed by atoms with van der Waals surface area (Å²) in [5.74, 6) is 0. The average molecular weight is 268 g/mol. The molecule has 0 fully saturated rings. The van der Waals surface area contributed by atoms with Crippen molar-refractivity contribution in [3.05, 3.63) is 0 Å². The normalized spacial score (nSPS) is 0. The SMILES string of the molecule is [AlH3].[Ce].[Cu].[H-].[H-].[H-].[Li+].[Mg+2]. The maximum Gasteiger partial charge on any atom is 2.00 e. The Morgan fingerprint density at radius 1 is 1.20 bits per heavy atom. The van der Waals surface area contributed by atoms with Crippen LogP contribution in [-0.4, -0.2) is 40.4 Å². The number of rotatable bonds is 0. The smallest absolute Gasteiger partial charge is 1.00 e. The van der Waals surface area contributed by atoms with E-state index in [9.17, 15) is 0 Å². The summed E-state index contributed by atoms with van der Waals surface area (Å²) in [5.41, 5.74) is 0. The molecule has 0 spiro atoms. The molecule has 0 aliphatic heterocycles. The van der Waals surface area contributed by atoms with E-state index in [1.807, 2.05) is 0 Å². The van der Waals surface area contributed by atoms with E-state index in [-0.39, 0.29) is 122 Å². The molecule has 5 heavy (non-hydrogen) atoms. The fourth-order valence-corrected chi connectivity index (χ4v) is 0. The van der Waals surface area contributed by atoms with Gasteiger partial charge in [-0.2, -0.15) is 0 Å². The van der Waals surface area contributed by atoms with Gasteiger partial charge in [0.2, 0.25) is 0 Å². The van der Waals surface area contributed by atoms with E-state index in [4.69, 9.17) is 0 Å². The van der Waals surface area contributed by atoms with E-state index < -0.39 is 0 Å². The zero-order valence-corrected chi connectivity index (χ0v) is 8.00. The average Bonchev–Trinajstić information content (AvgIpc) is 0. The van der Waals surface area contributed by atoms with Crippen molar-refractivity contribution in [3.63, 3.8) is 0 Å². The van der Waals surface area contributed by atoms with Gasteiger partial charge in [-0.15, -0.1) is 0 Å². The Hall–Kier alpha value is 3.79. The van der Waals surface area contributed by atoms with Gasteiger partial charge in [0.05, 0.1) is 0 Å². The van der Waals surface area contributed by atoms with Crippen LogP contribution in [0.2, 0.25) is 0 Å². The van der Waals surface area contributed by atoms with Crippen LogP contribution >= 0.6 is 0 Å². The van der Waals surface area contributed by atoms with Gasteiger partial charge in [0.25, 0.3) is 0 Å². The fraction of sp³-hybridized carbons (Fsp3) is 0. The summed E-state index contributed by atoms with van der Waals surface area (Å²) in [4.78, 5) is 0. The predicted octanol–water partition coefficient (Wildman–Crippen LogP) is -4.23. The van der Waals surface area contributed by atoms with Gasteiger partial charge in [-0.3, -0.25) is 0 Å². The predicted molar refractivity (Wildman–Crippen MR) is 19.0 cm³/mol. The van der Waals surface area contributed by atoms with Gasteiger partial charge in [0.1, 0.15) is 0 Å². The molecule has 0 heterocycles. The summed E-state index contributed by atoms with van der Waals surface area (Å²) in [7, 11) is 0. The van der Waals surface area contributed by atoms with Crippen molar-refractivity contribution in [2.45, 2.75) is 0 Å². The summed E-state index contributed by atoms with van der Waals surface area (Å²) >= 11 is 0. The molecule has 0 bridgehead atoms. The molecule has 0 aromatic carbocycles. The first-order valence-electron chi connectivity index (χ1n) is 0. The quantitative estimate of drug-likeness (QED) is 0.391. The molecule has 0 unspecified atom stereocenters. The topological polar surface area (TPSA) is 0 Å². The molecule has 0 saturated carbocycles. The van der Waals surface area contributed by atoms with Gasteiger partial charge in [-0.05, 0) is 0 Å². The first-order valence-corrected chi connectivity index (χ1v) is 0. The summed E-state index contributed by atoms with van der Waals surface area (Å²) in [5, 5.41) is 0. The second kappa shape index (κ2) is 25.0. The Morgan fingerprint density at radius 3 is 1.20 bits per heavy atom. The van der Waals surface area contributed by atoms with Gasteiger partial charge in [-0.1, -0.05) is 0 Å². The van der Waals surface area contributed by atoms with Crippen molar-refractivity contribution >= 4 is 40.4 Å². The van der Waals surface area contributed by atoms with Crippen molar-refractivity contribution in [3.8, 4) is 0 Å². The minimum atomic E-state index is 0. The molecule has 0 rings (SSSR count). The molecule has 0 nitrogen and oxygen atoms in total. The summed E-state index contributed by atoms with van der Waals surface area (Å²) in [6, 6.07) is 0. The molecular weight excluding hydrogens is 262 g/mol. The Bertz CT molecular complexity index is 19.2. The molecule has 0 aliphatic carbocycles. The minimum absolute atomic E-state index is 0. The molecule has 0 atom stereocenters. The number of hydrogen-bond donors (Lipinski definition) is 0. The molecule has 0 amide bonds. The van der Waals surface area contributed by atoms with E-state index in [2.05, 4.69) is 0 Å². The second-order valence-corrected chi connectivity index (χ2v) is 0. The molecule has 5 heteroatoms. The number of hydrogen-bond acceptors (Lipinski definition) is 0. The summed E-state index contributed by atoms with van der Waals surface area (Å²) in [6.45, 7) is 0. The monoisotopic (exact) mass is 267 g/mol. The van der Waals surface area contributed by atoms with Crippen LogP contribution in [0.25, 0.3) is 0 Å². The molecule has 0 aromatic heterocycles. The van der Waals surface area contributed by atoms with Gasteiger partial charge < -0.3 is 4.28 Å². The zero-order valence-electron chi connectivity index (χ0n) is 5.51. The van der Waals surface area contributed by atoms with E-state index in [0.717, 1.165) is 0 Å². The third-order valence-electron chi connectivity index (χ3n) is 0. The van der Waals surface area contributed by atoms with Crippen LogP contribution in [0.5, 0.6) is 0 Å². The standard InChI is InChI=1S/Al.Ce.Cu.Li.Mg.6H/q;;;+1;+2;;;;3*-1. The van der Waals surface area contributed by atoms with Crippen molar-refractivity contribution in [1.29, 1.82) is 0 Å².